The molecular formula is C14H22N2O. The maximum Gasteiger partial charge on any atom is 0.236 e. The first-order valence-corrected chi connectivity index (χ1v) is 5.85. The molecular weight excluding hydrogens is 212 g/mol. The molecule has 0 aliphatic heterocycles. The van der Waals surface area contributed by atoms with Crippen LogP contribution in [0.15, 0.2) is 12.1 Å². The highest BCUT2D eigenvalue weighted by atomic mass is 16.1. The van der Waals surface area contributed by atoms with Crippen LogP contribution in [0.5, 0.6) is 0 Å². The quantitative estimate of drug-likeness (QED) is 0.844. The van der Waals surface area contributed by atoms with Gasteiger partial charge in [0.1, 0.15) is 0 Å². The van der Waals surface area contributed by atoms with Crippen LogP contribution in [0.3, 0.4) is 0 Å². The number of benzene rings is 1. The molecule has 0 saturated heterocycles. The van der Waals surface area contributed by atoms with Crippen LogP contribution < -0.4 is 11.1 Å². The van der Waals surface area contributed by atoms with Crippen LogP contribution in [0.2, 0.25) is 0 Å². The smallest absolute Gasteiger partial charge is 0.236 e. The van der Waals surface area contributed by atoms with Gasteiger partial charge < -0.3 is 11.1 Å². The highest BCUT2D eigenvalue weighted by molar-refractivity contribution is 5.79. The van der Waals surface area contributed by atoms with Crippen molar-refractivity contribution in [2.24, 2.45) is 5.73 Å². The molecule has 0 heterocycles. The maximum absolute atomic E-state index is 10.8. The Hall–Kier alpha value is -1.51. The second kappa shape index (κ2) is 4.78. The summed E-state index contributed by atoms with van der Waals surface area (Å²) in [7, 11) is 0. The number of hydrogen-bond donors (Lipinski definition) is 2. The average molecular weight is 234 g/mol. The summed E-state index contributed by atoms with van der Waals surface area (Å²) in [5.41, 5.74) is 9.89. The van der Waals surface area contributed by atoms with Crippen LogP contribution in [-0.4, -0.2) is 12.5 Å². The van der Waals surface area contributed by atoms with Gasteiger partial charge in [-0.25, -0.2) is 0 Å². The highest BCUT2D eigenvalue weighted by Crippen LogP contribution is 2.29. The standard InChI is InChI=1S/C14H22N2O/c1-9-6-11(14(3,4)5)7-10(2)13(9)16-8-12(15)17/h6-7,16H,8H2,1-5H3,(H2,15,17). The maximum atomic E-state index is 10.8. The zero-order valence-corrected chi connectivity index (χ0v) is 11.3. The van der Waals surface area contributed by atoms with Crippen LogP contribution in [0, 0.1) is 13.8 Å². The highest BCUT2D eigenvalue weighted by Gasteiger charge is 2.16. The molecule has 0 fully saturated rings. The molecule has 0 aromatic heterocycles. The molecule has 3 heteroatoms. The Morgan fingerprint density at radius 3 is 2.06 bits per heavy atom. The molecule has 1 aromatic carbocycles. The SMILES string of the molecule is Cc1cc(C(C)(C)C)cc(C)c1NCC(N)=O. The molecule has 0 aliphatic carbocycles. The Bertz CT molecular complexity index is 407. The number of aryl methyl sites for hydroxylation is 2. The van der Waals surface area contributed by atoms with E-state index in [1.807, 2.05) is 13.8 Å². The van der Waals surface area contributed by atoms with Gasteiger partial charge in [-0.1, -0.05) is 32.9 Å². The van der Waals surface area contributed by atoms with Crippen molar-refractivity contribution in [3.8, 4) is 0 Å². The summed E-state index contributed by atoms with van der Waals surface area (Å²) in [6.45, 7) is 10.8. The van der Waals surface area contributed by atoms with E-state index >= 15 is 0 Å². The van der Waals surface area contributed by atoms with E-state index in [1.54, 1.807) is 0 Å². The summed E-state index contributed by atoms with van der Waals surface area (Å²) in [6, 6.07) is 4.33. The van der Waals surface area contributed by atoms with Crippen molar-refractivity contribution < 1.29 is 4.79 Å². The molecule has 3 nitrogen and oxygen atoms in total. The topological polar surface area (TPSA) is 55.1 Å². The van der Waals surface area contributed by atoms with Gasteiger partial charge in [-0.05, 0) is 36.0 Å². The fourth-order valence-corrected chi connectivity index (χ4v) is 1.85. The summed E-state index contributed by atoms with van der Waals surface area (Å²) < 4.78 is 0. The lowest BCUT2D eigenvalue weighted by molar-refractivity contribution is -0.116. The third-order valence-corrected chi connectivity index (χ3v) is 2.84. The molecule has 0 saturated carbocycles. The summed E-state index contributed by atoms with van der Waals surface area (Å²) in [4.78, 5) is 10.8. The van der Waals surface area contributed by atoms with Crippen LogP contribution in [0.4, 0.5) is 5.69 Å². The number of nitrogens with one attached hydrogen (secondary N) is 1. The first-order valence-electron chi connectivity index (χ1n) is 5.85. The van der Waals surface area contributed by atoms with Gasteiger partial charge in [0.15, 0.2) is 0 Å². The lowest BCUT2D eigenvalue weighted by atomic mass is 9.85. The van der Waals surface area contributed by atoms with Crippen LogP contribution in [-0.2, 0) is 10.2 Å². The van der Waals surface area contributed by atoms with E-state index < -0.39 is 0 Å². The van der Waals surface area contributed by atoms with Gasteiger partial charge in [0, 0.05) is 5.69 Å². The van der Waals surface area contributed by atoms with E-state index in [0.29, 0.717) is 0 Å². The van der Waals surface area contributed by atoms with Crippen molar-refractivity contribution in [2.75, 3.05) is 11.9 Å². The normalized spacial score (nSPS) is 11.4. The molecule has 1 aromatic rings. The Kier molecular flexibility index (Phi) is 3.81. The minimum Gasteiger partial charge on any atom is -0.376 e. The van der Waals surface area contributed by atoms with Crippen LogP contribution >= 0.6 is 0 Å². The number of carbonyl (C=O) groups is 1. The number of rotatable bonds is 3. The lowest BCUT2D eigenvalue weighted by Crippen LogP contribution is -2.22. The third kappa shape index (κ3) is 3.48. The van der Waals surface area contributed by atoms with Gasteiger partial charge in [0.05, 0.1) is 6.54 Å². The Morgan fingerprint density at radius 1 is 1.24 bits per heavy atom. The first-order chi connectivity index (χ1) is 7.71. The second-order valence-corrected chi connectivity index (χ2v) is 5.55. The Labute approximate surface area is 103 Å². The lowest BCUT2D eigenvalue weighted by Gasteiger charge is -2.22. The number of carbonyl (C=O) groups excluding carboxylic acids is 1. The predicted molar refractivity (Wildman–Crippen MR) is 72.3 cm³/mol. The Morgan fingerprint density at radius 2 is 1.71 bits per heavy atom. The molecule has 3 N–H and O–H groups in total. The largest absolute Gasteiger partial charge is 0.376 e. The summed E-state index contributed by atoms with van der Waals surface area (Å²) in [6.07, 6.45) is 0. The van der Waals surface area contributed by atoms with Crippen molar-refractivity contribution in [2.45, 2.75) is 40.0 Å². The minimum absolute atomic E-state index is 0.137. The molecule has 0 unspecified atom stereocenters. The molecule has 0 radical (unpaired) electrons. The van der Waals surface area contributed by atoms with E-state index in [2.05, 4.69) is 38.2 Å². The molecule has 94 valence electrons. The zero-order chi connectivity index (χ0) is 13.2. The van der Waals surface area contributed by atoms with E-state index in [0.717, 1.165) is 16.8 Å². The van der Waals surface area contributed by atoms with Gasteiger partial charge in [0.2, 0.25) is 5.91 Å². The van der Waals surface area contributed by atoms with E-state index in [4.69, 9.17) is 5.73 Å². The number of anilines is 1. The van der Waals surface area contributed by atoms with Crippen molar-refractivity contribution in [1.29, 1.82) is 0 Å². The first kappa shape index (κ1) is 13.6. The van der Waals surface area contributed by atoms with Crippen molar-refractivity contribution in [3.05, 3.63) is 28.8 Å². The van der Waals surface area contributed by atoms with Crippen molar-refractivity contribution >= 4 is 11.6 Å². The molecule has 1 amide bonds. The van der Waals surface area contributed by atoms with Gasteiger partial charge in [-0.2, -0.15) is 0 Å². The molecule has 17 heavy (non-hydrogen) atoms. The fraction of sp³-hybridized carbons (Fsp3) is 0.500. The zero-order valence-electron chi connectivity index (χ0n) is 11.3. The number of nitrogens with two attached hydrogens (primary N) is 1. The number of amides is 1. The number of hydrogen-bond acceptors (Lipinski definition) is 2. The minimum atomic E-state index is -0.344. The van der Waals surface area contributed by atoms with E-state index in [1.165, 1.54) is 5.56 Å². The number of primary amides is 1. The molecule has 1 rings (SSSR count). The van der Waals surface area contributed by atoms with Gasteiger partial charge >= 0.3 is 0 Å². The van der Waals surface area contributed by atoms with Crippen LogP contribution in [0.25, 0.3) is 0 Å². The molecule has 0 spiro atoms. The van der Waals surface area contributed by atoms with Gasteiger partial charge in [0.25, 0.3) is 0 Å². The monoisotopic (exact) mass is 234 g/mol. The fourth-order valence-electron chi connectivity index (χ4n) is 1.85. The second-order valence-electron chi connectivity index (χ2n) is 5.55. The Balaban J connectivity index is 3.07. The van der Waals surface area contributed by atoms with Crippen molar-refractivity contribution in [3.63, 3.8) is 0 Å². The third-order valence-electron chi connectivity index (χ3n) is 2.84. The molecule has 0 bridgehead atoms. The van der Waals surface area contributed by atoms with Gasteiger partial charge in [-0.15, -0.1) is 0 Å². The van der Waals surface area contributed by atoms with Crippen LogP contribution in [0.1, 0.15) is 37.5 Å². The summed E-state index contributed by atoms with van der Waals surface area (Å²) in [5.74, 6) is -0.344. The van der Waals surface area contributed by atoms with E-state index in [9.17, 15) is 4.79 Å². The summed E-state index contributed by atoms with van der Waals surface area (Å²) >= 11 is 0. The van der Waals surface area contributed by atoms with E-state index in [-0.39, 0.29) is 17.9 Å². The average Bonchev–Trinajstić information content (AvgIpc) is 2.14. The molecule has 0 aliphatic rings. The summed E-state index contributed by atoms with van der Waals surface area (Å²) in [5, 5.41) is 3.08. The molecule has 0 atom stereocenters. The predicted octanol–water partition coefficient (Wildman–Crippen LogP) is 2.50. The van der Waals surface area contributed by atoms with Gasteiger partial charge in [-0.3, -0.25) is 4.79 Å². The van der Waals surface area contributed by atoms with Crippen molar-refractivity contribution in [1.82, 2.24) is 0 Å².